The van der Waals surface area contributed by atoms with E-state index in [9.17, 15) is 14.9 Å². The molecule has 1 saturated heterocycles. The minimum absolute atomic E-state index is 0.0670. The zero-order valence-electron chi connectivity index (χ0n) is 23.7. The highest BCUT2D eigenvalue weighted by Crippen LogP contribution is 2.35. The van der Waals surface area contributed by atoms with Crippen molar-refractivity contribution in [2.75, 3.05) is 45.8 Å². The minimum atomic E-state index is -0.351. The number of carbonyl (C=O) groups excluding carboxylic acids is 1. The van der Waals surface area contributed by atoms with Crippen molar-refractivity contribution in [3.8, 4) is 17.6 Å². The quantitative estimate of drug-likeness (QED) is 0.192. The van der Waals surface area contributed by atoms with Gasteiger partial charge in [0.2, 0.25) is 0 Å². The van der Waals surface area contributed by atoms with E-state index in [0.717, 1.165) is 5.56 Å². The molecule has 1 aromatic carbocycles. The number of hydrogen-bond acceptors (Lipinski definition) is 9. The number of nitrogens with one attached hydrogen (secondary N) is 1. The normalized spacial score (nSPS) is 14.1. The Hall–Kier alpha value is -3.33. The molecule has 9 nitrogen and oxygen atoms in total. The number of methoxy groups -OCH3 is 2. The maximum absolute atomic E-state index is 13.3. The molecule has 1 N–H and O–H groups in total. The van der Waals surface area contributed by atoms with Gasteiger partial charge in [-0.15, -0.1) is 0 Å². The number of pyridine rings is 1. The zero-order valence-corrected chi connectivity index (χ0v) is 25.3. The van der Waals surface area contributed by atoms with Crippen molar-refractivity contribution in [3.63, 3.8) is 0 Å². The second kappa shape index (κ2) is 14.9. The van der Waals surface area contributed by atoms with Gasteiger partial charge >= 0.3 is 0 Å². The molecule has 2 aromatic rings. The van der Waals surface area contributed by atoms with Crippen LogP contribution in [0.1, 0.15) is 48.9 Å². The average molecular weight is 585 g/mol. The van der Waals surface area contributed by atoms with Gasteiger partial charge in [0.25, 0.3) is 11.5 Å². The van der Waals surface area contributed by atoms with Crippen molar-refractivity contribution < 1.29 is 19.0 Å². The summed E-state index contributed by atoms with van der Waals surface area (Å²) >= 11 is 6.73. The Kier molecular flexibility index (Phi) is 11.6. The van der Waals surface area contributed by atoms with E-state index in [-0.39, 0.29) is 17.0 Å². The van der Waals surface area contributed by atoms with E-state index in [1.54, 1.807) is 36.7 Å². The third-order valence-electron chi connectivity index (χ3n) is 6.50. The van der Waals surface area contributed by atoms with Gasteiger partial charge in [-0.05, 0) is 62.4 Å². The van der Waals surface area contributed by atoms with E-state index in [2.05, 4.69) is 11.4 Å². The number of thiocarbonyl (C=S) groups is 1. The first kappa shape index (κ1) is 31.2. The molecule has 2 heterocycles. The summed E-state index contributed by atoms with van der Waals surface area (Å²) in [5.74, 6) is 1.68. The van der Waals surface area contributed by atoms with Gasteiger partial charge in [-0.1, -0.05) is 37.0 Å². The van der Waals surface area contributed by atoms with Gasteiger partial charge in [0.1, 0.15) is 21.8 Å². The summed E-state index contributed by atoms with van der Waals surface area (Å²) in [5.41, 5.74) is 1.89. The molecule has 1 fully saturated rings. The van der Waals surface area contributed by atoms with Gasteiger partial charge in [-0.3, -0.25) is 19.1 Å². The second-order valence-corrected chi connectivity index (χ2v) is 10.8. The summed E-state index contributed by atoms with van der Waals surface area (Å²) in [4.78, 5) is 28.6. The summed E-state index contributed by atoms with van der Waals surface area (Å²) in [6.07, 6.45) is 3.76. The smallest absolute Gasteiger partial charge is 0.270 e. The molecule has 3 rings (SSSR count). The molecule has 0 aliphatic carbocycles. The van der Waals surface area contributed by atoms with Gasteiger partial charge in [0, 0.05) is 38.4 Å². The third-order valence-corrected chi connectivity index (χ3v) is 7.88. The highest BCUT2D eigenvalue weighted by atomic mass is 32.2. The lowest BCUT2D eigenvalue weighted by atomic mass is 10.0. The monoisotopic (exact) mass is 584 g/mol. The van der Waals surface area contributed by atoms with Crippen LogP contribution < -0.4 is 20.3 Å². The van der Waals surface area contributed by atoms with Crippen molar-refractivity contribution in [3.05, 3.63) is 55.7 Å². The number of amides is 1. The molecule has 0 unspecified atom stereocenters. The number of carbonyl (C=O) groups is 1. The number of nitrogens with zero attached hydrogens (tertiary/aromatic N) is 3. The van der Waals surface area contributed by atoms with Crippen LogP contribution in [0.4, 0.5) is 5.82 Å². The molecular formula is C29H36N4O5S2. The van der Waals surface area contributed by atoms with E-state index in [4.69, 9.17) is 26.4 Å². The maximum Gasteiger partial charge on any atom is 0.270 e. The van der Waals surface area contributed by atoms with Crippen molar-refractivity contribution in [1.82, 2.24) is 9.47 Å². The van der Waals surface area contributed by atoms with Gasteiger partial charge in [-0.25, -0.2) is 0 Å². The van der Waals surface area contributed by atoms with Gasteiger partial charge in [-0.2, -0.15) is 5.26 Å². The van der Waals surface area contributed by atoms with Crippen LogP contribution in [-0.2, 0) is 22.5 Å². The Bertz CT molecular complexity index is 1380. The Morgan fingerprint density at radius 1 is 1.15 bits per heavy atom. The topological polar surface area (TPSA) is 106 Å². The number of aromatic nitrogens is 1. The minimum Gasteiger partial charge on any atom is -0.493 e. The van der Waals surface area contributed by atoms with E-state index in [0.29, 0.717) is 89.8 Å². The molecule has 1 aliphatic rings. The molecule has 0 atom stereocenters. The summed E-state index contributed by atoms with van der Waals surface area (Å²) in [5, 5.41) is 13.2. The molecule has 0 saturated carbocycles. The Labute approximate surface area is 245 Å². The molecule has 1 amide bonds. The van der Waals surface area contributed by atoms with Crippen LogP contribution >= 0.6 is 24.0 Å². The number of thioether (sulfide) groups is 1. The number of hydrogen-bond donors (Lipinski definition) is 1. The molecule has 11 heteroatoms. The van der Waals surface area contributed by atoms with E-state index < -0.39 is 0 Å². The molecule has 1 aromatic heterocycles. The van der Waals surface area contributed by atoms with Crippen LogP contribution in [0.25, 0.3) is 6.08 Å². The van der Waals surface area contributed by atoms with Crippen molar-refractivity contribution in [1.29, 1.82) is 5.26 Å². The third kappa shape index (κ3) is 7.05. The highest BCUT2D eigenvalue weighted by Gasteiger charge is 2.32. The zero-order chi connectivity index (χ0) is 29.2. The lowest BCUT2D eigenvalue weighted by Gasteiger charge is -2.20. The molecule has 0 bridgehead atoms. The lowest BCUT2D eigenvalue weighted by Crippen LogP contribution is -2.30. The first-order chi connectivity index (χ1) is 19.3. The van der Waals surface area contributed by atoms with Crippen LogP contribution in [0, 0.1) is 18.3 Å². The fourth-order valence-electron chi connectivity index (χ4n) is 4.44. The molecular weight excluding hydrogens is 548 g/mol. The van der Waals surface area contributed by atoms with Crippen LogP contribution in [-0.4, -0.2) is 60.2 Å². The van der Waals surface area contributed by atoms with Crippen molar-refractivity contribution >= 4 is 46.1 Å². The van der Waals surface area contributed by atoms with Gasteiger partial charge in [0.15, 0.2) is 11.5 Å². The van der Waals surface area contributed by atoms with Gasteiger partial charge in [0.05, 0.1) is 19.1 Å². The second-order valence-electron chi connectivity index (χ2n) is 9.08. The molecule has 0 spiro atoms. The Morgan fingerprint density at radius 2 is 1.90 bits per heavy atom. The largest absolute Gasteiger partial charge is 0.493 e. The predicted octanol–water partition coefficient (Wildman–Crippen LogP) is 4.74. The predicted molar refractivity (Wildman–Crippen MR) is 163 cm³/mol. The number of anilines is 1. The lowest BCUT2D eigenvalue weighted by molar-refractivity contribution is -0.122. The number of rotatable bonds is 14. The van der Waals surface area contributed by atoms with Crippen LogP contribution in [0.2, 0.25) is 0 Å². The first-order valence-corrected chi connectivity index (χ1v) is 14.5. The Morgan fingerprint density at radius 3 is 2.55 bits per heavy atom. The number of benzene rings is 1. The summed E-state index contributed by atoms with van der Waals surface area (Å²) < 4.78 is 18.2. The van der Waals surface area contributed by atoms with Gasteiger partial charge < -0.3 is 19.5 Å². The van der Waals surface area contributed by atoms with E-state index in [1.807, 2.05) is 32.0 Å². The van der Waals surface area contributed by atoms with Crippen LogP contribution in [0.3, 0.4) is 0 Å². The summed E-state index contributed by atoms with van der Waals surface area (Å²) in [7, 11) is 3.19. The van der Waals surface area contributed by atoms with Crippen LogP contribution in [0.5, 0.6) is 11.5 Å². The summed E-state index contributed by atoms with van der Waals surface area (Å²) in [6.45, 7) is 8.20. The molecule has 0 radical (unpaired) electrons. The van der Waals surface area contributed by atoms with Crippen LogP contribution in [0.15, 0.2) is 27.9 Å². The number of nitriles is 1. The maximum atomic E-state index is 13.3. The first-order valence-electron chi connectivity index (χ1n) is 13.3. The Balaban J connectivity index is 1.97. The fourth-order valence-corrected chi connectivity index (χ4v) is 5.74. The van der Waals surface area contributed by atoms with Crippen molar-refractivity contribution in [2.45, 2.75) is 46.6 Å². The molecule has 40 heavy (non-hydrogen) atoms. The fraction of sp³-hybridized carbons (Fsp3) is 0.448. The standard InChI is InChI=1S/C29H36N4O5S2/c1-6-13-32-26(31-12-11-20-9-10-23(36-4)24(16-20)37-5)21(19(3)22(18-30)27(32)34)17-25-28(35)33(29(39)40-25)14-8-15-38-7-2/h9-10,16-17,31H,6-8,11-15H2,1-5H3/b25-17+. The highest BCUT2D eigenvalue weighted by molar-refractivity contribution is 8.26. The number of ether oxygens (including phenoxy) is 3. The van der Waals surface area contributed by atoms with E-state index in [1.165, 1.54) is 11.8 Å². The SMILES string of the molecule is CCCn1c(NCCc2ccc(OC)c(OC)c2)c(/C=C2/SC(=S)N(CCCOCC)C2=O)c(C)c(C#N)c1=O. The molecule has 214 valence electrons. The average Bonchev–Trinajstić information content (AvgIpc) is 3.22. The van der Waals surface area contributed by atoms with Crippen molar-refractivity contribution in [2.24, 2.45) is 0 Å². The summed E-state index contributed by atoms with van der Waals surface area (Å²) in [6, 6.07) is 7.81. The van der Waals surface area contributed by atoms with E-state index >= 15 is 0 Å². The molecule has 1 aliphatic heterocycles.